The van der Waals surface area contributed by atoms with Gasteiger partial charge in [-0.05, 0) is 31.7 Å². The number of nitrogens with zero attached hydrogens (tertiary/aromatic N) is 1. The van der Waals surface area contributed by atoms with Crippen LogP contribution in [0.5, 0.6) is 5.75 Å². The zero-order valence-electron chi connectivity index (χ0n) is 16.9. The van der Waals surface area contributed by atoms with Crippen molar-refractivity contribution in [2.24, 2.45) is 5.92 Å². The van der Waals surface area contributed by atoms with Gasteiger partial charge in [0.25, 0.3) is 0 Å². The zero-order valence-corrected chi connectivity index (χ0v) is 16.9. The van der Waals surface area contributed by atoms with E-state index in [2.05, 4.69) is 5.32 Å². The van der Waals surface area contributed by atoms with Crippen molar-refractivity contribution in [3.8, 4) is 5.75 Å². The van der Waals surface area contributed by atoms with Gasteiger partial charge in [0, 0.05) is 0 Å². The third kappa shape index (κ3) is 4.77. The van der Waals surface area contributed by atoms with E-state index >= 15 is 0 Å². The summed E-state index contributed by atoms with van der Waals surface area (Å²) >= 11 is 0. The van der Waals surface area contributed by atoms with E-state index in [0.717, 1.165) is 5.56 Å². The second-order valence-corrected chi connectivity index (χ2v) is 6.60. The molecule has 1 aliphatic rings. The summed E-state index contributed by atoms with van der Waals surface area (Å²) in [7, 11) is 1.58. The van der Waals surface area contributed by atoms with Crippen LogP contribution in [-0.4, -0.2) is 44.3 Å². The Kier molecular flexibility index (Phi) is 7.03. The fraction of sp³-hybridized carbons (Fsp3) is 0.318. The van der Waals surface area contributed by atoms with E-state index in [1.54, 1.807) is 38.2 Å². The highest BCUT2D eigenvalue weighted by atomic mass is 16.5. The Hall–Kier alpha value is -3.39. The lowest BCUT2D eigenvalue weighted by Gasteiger charge is -2.24. The van der Waals surface area contributed by atoms with Crippen LogP contribution in [0.1, 0.15) is 12.5 Å². The quantitative estimate of drug-likeness (QED) is 0.548. The third-order valence-corrected chi connectivity index (χ3v) is 4.60. The van der Waals surface area contributed by atoms with Crippen LogP contribution in [-0.2, 0) is 30.5 Å². The van der Waals surface area contributed by atoms with Gasteiger partial charge in [-0.15, -0.1) is 0 Å². The van der Waals surface area contributed by atoms with Gasteiger partial charge in [-0.3, -0.25) is 24.6 Å². The van der Waals surface area contributed by atoms with Crippen molar-refractivity contribution in [2.75, 3.05) is 25.1 Å². The van der Waals surface area contributed by atoms with Crippen molar-refractivity contribution in [2.45, 2.75) is 19.8 Å². The van der Waals surface area contributed by atoms with E-state index in [0.29, 0.717) is 11.4 Å². The molecule has 0 aliphatic carbocycles. The Morgan fingerprint density at radius 1 is 1.07 bits per heavy atom. The van der Waals surface area contributed by atoms with Crippen LogP contribution in [0.4, 0.5) is 5.69 Å². The van der Waals surface area contributed by atoms with Crippen LogP contribution in [0.25, 0.3) is 0 Å². The SMILES string of the molecule is CCOC(=O)[C@@H]1C(=O)N(CC(=O)OCc2ccccc2)c2ccccc2OC1NC. The lowest BCUT2D eigenvalue weighted by atomic mass is 10.1. The Labute approximate surface area is 174 Å². The van der Waals surface area contributed by atoms with Gasteiger partial charge in [0.2, 0.25) is 5.91 Å². The van der Waals surface area contributed by atoms with E-state index in [4.69, 9.17) is 14.2 Å². The molecule has 1 N–H and O–H groups in total. The molecule has 2 aromatic carbocycles. The second-order valence-electron chi connectivity index (χ2n) is 6.60. The number of carbonyl (C=O) groups excluding carboxylic acids is 3. The minimum Gasteiger partial charge on any atom is -0.472 e. The molecule has 0 fully saturated rings. The summed E-state index contributed by atoms with van der Waals surface area (Å²) < 4.78 is 16.3. The van der Waals surface area contributed by atoms with E-state index < -0.39 is 30.0 Å². The van der Waals surface area contributed by atoms with Gasteiger partial charge in [0.05, 0.1) is 12.3 Å². The number of hydrogen-bond acceptors (Lipinski definition) is 7. The zero-order chi connectivity index (χ0) is 21.5. The van der Waals surface area contributed by atoms with Crippen LogP contribution >= 0.6 is 0 Å². The smallest absolute Gasteiger partial charge is 0.326 e. The predicted molar refractivity (Wildman–Crippen MR) is 109 cm³/mol. The summed E-state index contributed by atoms with van der Waals surface area (Å²) in [5.41, 5.74) is 1.21. The molecular weight excluding hydrogens is 388 g/mol. The standard InChI is InChI=1S/C22H24N2O6/c1-3-28-22(27)19-20(23-2)30-17-12-8-7-11-16(17)24(21(19)26)13-18(25)29-14-15-9-5-4-6-10-15/h4-12,19-20,23H,3,13-14H2,1-2H3/t19-,20?/m0/s1. The number of benzene rings is 2. The van der Waals surface area contributed by atoms with Crippen molar-refractivity contribution in [3.05, 3.63) is 60.2 Å². The first-order valence-electron chi connectivity index (χ1n) is 9.65. The second kappa shape index (κ2) is 9.89. The highest BCUT2D eigenvalue weighted by molar-refractivity contribution is 6.09. The normalized spacial score (nSPS) is 18.1. The van der Waals surface area contributed by atoms with Crippen LogP contribution in [0, 0.1) is 5.92 Å². The van der Waals surface area contributed by atoms with Crippen LogP contribution in [0.3, 0.4) is 0 Å². The summed E-state index contributed by atoms with van der Waals surface area (Å²) in [5, 5.41) is 2.84. The van der Waals surface area contributed by atoms with Crippen molar-refractivity contribution >= 4 is 23.5 Å². The molecule has 1 heterocycles. The van der Waals surface area contributed by atoms with E-state index in [-0.39, 0.29) is 19.8 Å². The number of amides is 1. The predicted octanol–water partition coefficient (Wildman–Crippen LogP) is 1.88. The summed E-state index contributed by atoms with van der Waals surface area (Å²) in [6.45, 7) is 1.49. The molecule has 0 bridgehead atoms. The number of fused-ring (bicyclic) bond motifs is 1. The molecule has 2 atom stereocenters. The summed E-state index contributed by atoms with van der Waals surface area (Å²) in [6.07, 6.45) is -0.942. The molecule has 8 nitrogen and oxygen atoms in total. The van der Waals surface area contributed by atoms with Crippen LogP contribution in [0.2, 0.25) is 0 Å². The molecule has 2 aromatic rings. The minimum atomic E-state index is -1.27. The number of ether oxygens (including phenoxy) is 3. The first-order chi connectivity index (χ1) is 14.5. The largest absolute Gasteiger partial charge is 0.472 e. The molecule has 0 saturated heterocycles. The molecule has 1 unspecified atom stereocenters. The van der Waals surface area contributed by atoms with Gasteiger partial charge in [-0.2, -0.15) is 0 Å². The average molecular weight is 412 g/mol. The van der Waals surface area contributed by atoms with Gasteiger partial charge in [-0.25, -0.2) is 0 Å². The third-order valence-electron chi connectivity index (χ3n) is 4.60. The number of esters is 2. The molecule has 0 radical (unpaired) electrons. The number of nitrogens with one attached hydrogen (secondary N) is 1. The Morgan fingerprint density at radius 3 is 2.47 bits per heavy atom. The van der Waals surface area contributed by atoms with Crippen molar-refractivity contribution < 1.29 is 28.6 Å². The van der Waals surface area contributed by atoms with Crippen molar-refractivity contribution in [1.29, 1.82) is 0 Å². The van der Waals surface area contributed by atoms with Gasteiger partial charge in [0.15, 0.2) is 12.1 Å². The molecule has 1 amide bonds. The molecule has 8 heteroatoms. The van der Waals surface area contributed by atoms with Crippen LogP contribution < -0.4 is 15.0 Å². The molecule has 0 spiro atoms. The van der Waals surface area contributed by atoms with Crippen molar-refractivity contribution in [1.82, 2.24) is 5.32 Å². The van der Waals surface area contributed by atoms with Gasteiger partial charge < -0.3 is 14.2 Å². The number of carbonyl (C=O) groups is 3. The Bertz CT molecular complexity index is 902. The number of rotatable bonds is 7. The van der Waals surface area contributed by atoms with Crippen LogP contribution in [0.15, 0.2) is 54.6 Å². The first kappa shape index (κ1) is 21.3. The maximum absolute atomic E-state index is 13.3. The highest BCUT2D eigenvalue weighted by Crippen LogP contribution is 2.34. The van der Waals surface area contributed by atoms with E-state index in [9.17, 15) is 14.4 Å². The maximum Gasteiger partial charge on any atom is 0.326 e. The number of hydrogen-bond donors (Lipinski definition) is 1. The monoisotopic (exact) mass is 412 g/mol. The lowest BCUT2D eigenvalue weighted by molar-refractivity contribution is -0.156. The summed E-state index contributed by atoms with van der Waals surface area (Å²) in [5.74, 6) is -2.84. The molecule has 158 valence electrons. The average Bonchev–Trinajstić information content (AvgIpc) is 2.87. The van der Waals surface area contributed by atoms with Gasteiger partial charge in [0.1, 0.15) is 18.9 Å². The number of para-hydroxylation sites is 2. The Morgan fingerprint density at radius 2 is 1.77 bits per heavy atom. The fourth-order valence-corrected chi connectivity index (χ4v) is 3.16. The van der Waals surface area contributed by atoms with Crippen molar-refractivity contribution in [3.63, 3.8) is 0 Å². The molecule has 0 aromatic heterocycles. The molecular formula is C22H24N2O6. The van der Waals surface area contributed by atoms with Gasteiger partial charge in [-0.1, -0.05) is 42.5 Å². The van der Waals surface area contributed by atoms with E-state index in [1.807, 2.05) is 30.3 Å². The molecule has 3 rings (SSSR count). The lowest BCUT2D eigenvalue weighted by Crippen LogP contribution is -2.51. The molecule has 1 aliphatic heterocycles. The summed E-state index contributed by atoms with van der Waals surface area (Å²) in [4.78, 5) is 39.5. The fourth-order valence-electron chi connectivity index (χ4n) is 3.16. The van der Waals surface area contributed by atoms with E-state index in [1.165, 1.54) is 4.90 Å². The number of anilines is 1. The summed E-state index contributed by atoms with van der Waals surface area (Å²) in [6, 6.07) is 16.0. The highest BCUT2D eigenvalue weighted by Gasteiger charge is 2.44. The Balaban J connectivity index is 1.85. The molecule has 30 heavy (non-hydrogen) atoms. The first-order valence-corrected chi connectivity index (χ1v) is 9.65. The minimum absolute atomic E-state index is 0.0836. The molecule has 0 saturated carbocycles. The maximum atomic E-state index is 13.3. The van der Waals surface area contributed by atoms with Gasteiger partial charge >= 0.3 is 11.9 Å². The topological polar surface area (TPSA) is 94.2 Å².